The average Bonchev–Trinajstić information content (AvgIpc) is 3.05. The second-order valence-electron chi connectivity index (χ2n) is 5.53. The fraction of sp³-hybridized carbons (Fsp3) is 0.500. The molecule has 1 aliphatic rings. The predicted octanol–water partition coefficient (Wildman–Crippen LogP) is 1.25. The lowest BCUT2D eigenvalue weighted by molar-refractivity contribution is -0.120. The fourth-order valence-electron chi connectivity index (χ4n) is 2.38. The molecule has 0 spiro atoms. The molecule has 3 amide bonds. The molecule has 1 aromatic carbocycles. The van der Waals surface area contributed by atoms with Crippen molar-refractivity contribution in [3.8, 4) is 11.5 Å². The van der Waals surface area contributed by atoms with E-state index >= 15 is 0 Å². The summed E-state index contributed by atoms with van der Waals surface area (Å²) in [6.45, 7) is 2.83. The van der Waals surface area contributed by atoms with E-state index in [0.29, 0.717) is 23.8 Å². The van der Waals surface area contributed by atoms with Crippen LogP contribution in [-0.4, -0.2) is 44.4 Å². The Bertz CT molecular complexity index is 587. The first-order valence-electron chi connectivity index (χ1n) is 7.79. The van der Waals surface area contributed by atoms with Gasteiger partial charge in [0.2, 0.25) is 5.91 Å². The van der Waals surface area contributed by atoms with Crippen molar-refractivity contribution in [3.05, 3.63) is 18.2 Å². The summed E-state index contributed by atoms with van der Waals surface area (Å²) >= 11 is 0. The number of methoxy groups -OCH3 is 1. The van der Waals surface area contributed by atoms with E-state index < -0.39 is 18.0 Å². The van der Waals surface area contributed by atoms with Crippen molar-refractivity contribution in [2.75, 3.05) is 25.6 Å². The lowest BCUT2D eigenvalue weighted by atomic mass is 10.2. The topological polar surface area (TPSA) is 112 Å². The number of nitrogens with one attached hydrogen (secondary N) is 2. The van der Waals surface area contributed by atoms with Crippen molar-refractivity contribution in [1.82, 2.24) is 5.32 Å². The smallest absolute Gasteiger partial charge is 0.318 e. The molecule has 132 valence electrons. The van der Waals surface area contributed by atoms with Gasteiger partial charge in [0.1, 0.15) is 12.6 Å². The molecule has 0 unspecified atom stereocenters. The van der Waals surface area contributed by atoms with Crippen molar-refractivity contribution in [3.63, 3.8) is 0 Å². The lowest BCUT2D eigenvalue weighted by Gasteiger charge is -2.17. The van der Waals surface area contributed by atoms with Crippen LogP contribution in [0.25, 0.3) is 0 Å². The maximum Gasteiger partial charge on any atom is 0.318 e. The molecular weight excluding hydrogens is 314 g/mol. The molecule has 1 heterocycles. The van der Waals surface area contributed by atoms with Gasteiger partial charge in [-0.3, -0.25) is 10.1 Å². The van der Waals surface area contributed by atoms with Gasteiger partial charge in [-0.25, -0.2) is 4.79 Å². The Morgan fingerprint density at radius 3 is 2.83 bits per heavy atom. The summed E-state index contributed by atoms with van der Waals surface area (Å²) in [5.74, 6) is 0.633. The van der Waals surface area contributed by atoms with Gasteiger partial charge in [-0.05, 0) is 31.9 Å². The standard InChI is InChI=1S/C16H23N3O5/c1-10(15(20)19-16(17)21)18-11-5-6-13(22-2)14(8-11)24-9-12-4-3-7-23-12/h5-6,8,10,12,18H,3-4,7,9H2,1-2H3,(H3,17,19,20,21)/t10-,12+/m1/s1. The number of nitrogens with two attached hydrogens (primary N) is 1. The molecule has 0 aliphatic carbocycles. The number of urea groups is 1. The number of primary amides is 1. The van der Waals surface area contributed by atoms with E-state index in [2.05, 4.69) is 5.32 Å². The number of carbonyl (C=O) groups excluding carboxylic acids is 2. The van der Waals surface area contributed by atoms with Crippen molar-refractivity contribution < 1.29 is 23.8 Å². The maximum absolute atomic E-state index is 11.7. The molecule has 1 aromatic rings. The van der Waals surface area contributed by atoms with Crippen LogP contribution >= 0.6 is 0 Å². The molecular formula is C16H23N3O5. The zero-order chi connectivity index (χ0) is 17.5. The van der Waals surface area contributed by atoms with Gasteiger partial charge in [-0.15, -0.1) is 0 Å². The van der Waals surface area contributed by atoms with Crippen LogP contribution in [0.5, 0.6) is 11.5 Å². The predicted molar refractivity (Wildman–Crippen MR) is 88.3 cm³/mol. The van der Waals surface area contributed by atoms with Crippen molar-refractivity contribution >= 4 is 17.6 Å². The highest BCUT2D eigenvalue weighted by Gasteiger charge is 2.18. The Kier molecular flexibility index (Phi) is 6.25. The van der Waals surface area contributed by atoms with Gasteiger partial charge < -0.3 is 25.3 Å². The molecule has 8 nitrogen and oxygen atoms in total. The minimum absolute atomic E-state index is 0.0894. The van der Waals surface area contributed by atoms with Gasteiger partial charge in [0.15, 0.2) is 11.5 Å². The van der Waals surface area contributed by atoms with E-state index in [9.17, 15) is 9.59 Å². The van der Waals surface area contributed by atoms with E-state index in [-0.39, 0.29) is 6.10 Å². The van der Waals surface area contributed by atoms with Gasteiger partial charge in [0, 0.05) is 18.4 Å². The molecule has 2 atom stereocenters. The highest BCUT2D eigenvalue weighted by molar-refractivity contribution is 5.97. The van der Waals surface area contributed by atoms with Gasteiger partial charge in [0.25, 0.3) is 0 Å². The summed E-state index contributed by atoms with van der Waals surface area (Å²) in [4.78, 5) is 22.4. The number of hydrogen-bond acceptors (Lipinski definition) is 6. The van der Waals surface area contributed by atoms with E-state index in [1.807, 2.05) is 5.32 Å². The first-order chi connectivity index (χ1) is 11.5. The molecule has 0 bridgehead atoms. The van der Waals surface area contributed by atoms with Crippen LogP contribution in [0.4, 0.5) is 10.5 Å². The maximum atomic E-state index is 11.7. The van der Waals surface area contributed by atoms with E-state index in [0.717, 1.165) is 19.4 Å². The Balaban J connectivity index is 2.00. The van der Waals surface area contributed by atoms with Crippen LogP contribution in [-0.2, 0) is 9.53 Å². The molecule has 2 rings (SSSR count). The monoisotopic (exact) mass is 337 g/mol. The van der Waals surface area contributed by atoms with Crippen LogP contribution in [0.1, 0.15) is 19.8 Å². The zero-order valence-corrected chi connectivity index (χ0v) is 13.8. The van der Waals surface area contributed by atoms with Crippen molar-refractivity contribution in [2.24, 2.45) is 5.73 Å². The number of imide groups is 1. The Morgan fingerprint density at radius 2 is 2.21 bits per heavy atom. The number of anilines is 1. The quantitative estimate of drug-likeness (QED) is 0.690. The van der Waals surface area contributed by atoms with Crippen LogP contribution in [0.3, 0.4) is 0 Å². The summed E-state index contributed by atoms with van der Waals surface area (Å²) in [6, 6.07) is 3.71. The molecule has 8 heteroatoms. The molecule has 1 aliphatic heterocycles. The second kappa shape index (κ2) is 8.39. The highest BCUT2D eigenvalue weighted by Crippen LogP contribution is 2.31. The van der Waals surface area contributed by atoms with Gasteiger partial charge >= 0.3 is 6.03 Å². The van der Waals surface area contributed by atoms with E-state index in [1.54, 1.807) is 32.2 Å². The van der Waals surface area contributed by atoms with Gasteiger partial charge in [-0.1, -0.05) is 0 Å². The third-order valence-electron chi connectivity index (χ3n) is 3.64. The third kappa shape index (κ3) is 5.02. The summed E-state index contributed by atoms with van der Waals surface area (Å²) in [5.41, 5.74) is 5.60. The number of ether oxygens (including phenoxy) is 3. The van der Waals surface area contributed by atoms with Crippen LogP contribution in [0.2, 0.25) is 0 Å². The minimum atomic E-state index is -0.885. The van der Waals surface area contributed by atoms with Crippen LogP contribution in [0.15, 0.2) is 18.2 Å². The molecule has 4 N–H and O–H groups in total. The molecule has 0 saturated carbocycles. The van der Waals surface area contributed by atoms with Crippen LogP contribution < -0.4 is 25.8 Å². The molecule has 24 heavy (non-hydrogen) atoms. The molecule has 0 radical (unpaired) electrons. The van der Waals surface area contributed by atoms with Crippen molar-refractivity contribution in [2.45, 2.75) is 31.9 Å². The molecule has 0 aromatic heterocycles. The third-order valence-corrected chi connectivity index (χ3v) is 3.64. The number of rotatable bonds is 7. The summed E-state index contributed by atoms with van der Waals surface area (Å²) in [6.07, 6.45) is 2.11. The normalized spacial score (nSPS) is 17.8. The Hall–Kier alpha value is -2.48. The molecule has 1 saturated heterocycles. The SMILES string of the molecule is COc1ccc(N[C@H](C)C(=O)NC(N)=O)cc1OC[C@@H]1CCCO1. The van der Waals surface area contributed by atoms with Gasteiger partial charge in [0.05, 0.1) is 13.2 Å². The second-order valence-corrected chi connectivity index (χ2v) is 5.53. The van der Waals surface area contributed by atoms with Gasteiger partial charge in [-0.2, -0.15) is 0 Å². The zero-order valence-electron chi connectivity index (χ0n) is 13.8. The average molecular weight is 337 g/mol. The number of hydrogen-bond donors (Lipinski definition) is 3. The lowest BCUT2D eigenvalue weighted by Crippen LogP contribution is -2.43. The Labute approximate surface area is 140 Å². The summed E-state index contributed by atoms with van der Waals surface area (Å²) < 4.78 is 16.6. The highest BCUT2D eigenvalue weighted by atomic mass is 16.5. The van der Waals surface area contributed by atoms with E-state index in [4.69, 9.17) is 19.9 Å². The summed E-state index contributed by atoms with van der Waals surface area (Å²) in [5, 5.41) is 5.01. The largest absolute Gasteiger partial charge is 0.493 e. The van der Waals surface area contributed by atoms with Crippen molar-refractivity contribution in [1.29, 1.82) is 0 Å². The first kappa shape index (κ1) is 17.9. The molecule has 1 fully saturated rings. The number of carbonyl (C=O) groups is 2. The Morgan fingerprint density at radius 1 is 1.42 bits per heavy atom. The first-order valence-corrected chi connectivity index (χ1v) is 7.79. The van der Waals surface area contributed by atoms with E-state index in [1.165, 1.54) is 0 Å². The summed E-state index contributed by atoms with van der Waals surface area (Å²) in [7, 11) is 1.56. The van der Waals surface area contributed by atoms with Crippen LogP contribution in [0, 0.1) is 0 Å². The number of benzene rings is 1. The fourth-order valence-corrected chi connectivity index (χ4v) is 2.38. The minimum Gasteiger partial charge on any atom is -0.493 e. The number of amides is 3.